The third kappa shape index (κ3) is 5.63. The predicted octanol–water partition coefficient (Wildman–Crippen LogP) is 3.49. The lowest BCUT2D eigenvalue weighted by molar-refractivity contribution is -0.197. The molecule has 0 bridgehead atoms. The highest BCUT2D eigenvalue weighted by atomic mass is 16.5. The third-order valence-electron chi connectivity index (χ3n) is 18.9. The highest BCUT2D eigenvalue weighted by Crippen LogP contribution is 2.70. The first-order valence-electron chi connectivity index (χ1n) is 22.0. The van der Waals surface area contributed by atoms with Gasteiger partial charge in [0.25, 0.3) is 0 Å². The fourth-order valence-electron chi connectivity index (χ4n) is 16.0. The molecule has 0 amide bonds. The topological polar surface area (TPSA) is 216 Å². The normalized spacial score (nSPS) is 49.3. The van der Waals surface area contributed by atoms with E-state index in [4.69, 9.17) is 4.74 Å². The van der Waals surface area contributed by atoms with Crippen molar-refractivity contribution in [2.75, 3.05) is 13.2 Å². The maximum absolute atomic E-state index is 13.9. The van der Waals surface area contributed by atoms with Crippen LogP contribution in [0.5, 0.6) is 0 Å². The molecular weight excluding hydrogens is 744 g/mol. The van der Waals surface area contributed by atoms with E-state index in [9.17, 15) is 54.6 Å². The first kappa shape index (κ1) is 42.1. The van der Waals surface area contributed by atoms with Crippen molar-refractivity contribution in [1.29, 1.82) is 0 Å². The SMILES string of the molecule is C[C@]12C[C@H](O)[C@H]3[C@@H](CCC4=CC(=O)CC(CCCC(=O)OC5CC(=O)C=C6CC[C@@H]7[C@H]([C@@H](O)C[C@@]8(C)[C@H]7CC[C@]8(O)C(=O)CO)[C@]65C)[C@@]43C)[C@@H]1CC[C@]2(O)C(=O)CO. The molecule has 0 spiro atoms. The molecule has 0 aromatic rings. The van der Waals surface area contributed by atoms with Gasteiger partial charge in [0, 0.05) is 41.4 Å². The Bertz CT molecular complexity index is 1840. The van der Waals surface area contributed by atoms with Gasteiger partial charge < -0.3 is 35.4 Å². The van der Waals surface area contributed by atoms with E-state index in [-0.39, 0.29) is 97.9 Å². The summed E-state index contributed by atoms with van der Waals surface area (Å²) >= 11 is 0. The smallest absolute Gasteiger partial charge is 0.306 e. The number of allylic oxidation sites excluding steroid dienone is 1. The van der Waals surface area contributed by atoms with Crippen molar-refractivity contribution in [2.24, 2.45) is 63.1 Å². The highest BCUT2D eigenvalue weighted by Gasteiger charge is 2.71. The lowest BCUT2D eigenvalue weighted by Gasteiger charge is -2.62. The van der Waals surface area contributed by atoms with Crippen LogP contribution in [0.2, 0.25) is 0 Å². The van der Waals surface area contributed by atoms with Crippen LogP contribution in [0.25, 0.3) is 0 Å². The molecule has 6 fully saturated rings. The summed E-state index contributed by atoms with van der Waals surface area (Å²) in [6, 6.07) is 0. The monoisotopic (exact) mass is 808 g/mol. The fourth-order valence-corrected chi connectivity index (χ4v) is 16.0. The first-order chi connectivity index (χ1) is 27.2. The zero-order chi connectivity index (χ0) is 42.0. The molecule has 12 nitrogen and oxygen atoms in total. The van der Waals surface area contributed by atoms with Gasteiger partial charge in [-0.15, -0.1) is 0 Å². The van der Waals surface area contributed by atoms with Gasteiger partial charge in [0.1, 0.15) is 30.5 Å². The molecule has 0 aliphatic heterocycles. The largest absolute Gasteiger partial charge is 0.461 e. The number of ether oxygens (including phenoxy) is 1. The number of carbonyl (C=O) groups excluding carboxylic acids is 5. The van der Waals surface area contributed by atoms with Gasteiger partial charge in [-0.25, -0.2) is 0 Å². The van der Waals surface area contributed by atoms with E-state index in [2.05, 4.69) is 6.92 Å². The molecule has 0 heterocycles. The molecule has 0 aromatic heterocycles. The maximum atomic E-state index is 13.9. The molecule has 0 aromatic carbocycles. The number of rotatable bonds is 9. The summed E-state index contributed by atoms with van der Waals surface area (Å²) in [5, 5.41) is 66.7. The van der Waals surface area contributed by atoms with Gasteiger partial charge in [0.2, 0.25) is 0 Å². The average Bonchev–Trinajstić information content (AvgIpc) is 3.60. The minimum Gasteiger partial charge on any atom is -0.461 e. The van der Waals surface area contributed by atoms with Crippen LogP contribution < -0.4 is 0 Å². The summed E-state index contributed by atoms with van der Waals surface area (Å²) in [4.78, 5) is 66.0. The molecule has 6 N–H and O–H groups in total. The summed E-state index contributed by atoms with van der Waals surface area (Å²) < 4.78 is 6.28. The first-order valence-corrected chi connectivity index (χ1v) is 22.0. The van der Waals surface area contributed by atoms with Crippen molar-refractivity contribution < 1.29 is 59.3 Å². The summed E-state index contributed by atoms with van der Waals surface area (Å²) in [5.74, 6) is -2.76. The molecule has 0 radical (unpaired) electrons. The number of aliphatic hydroxyl groups excluding tert-OH is 4. The Hall–Kier alpha value is -2.61. The summed E-state index contributed by atoms with van der Waals surface area (Å²) in [5.41, 5.74) is -4.76. The molecule has 320 valence electrons. The van der Waals surface area contributed by atoms with Crippen LogP contribution in [-0.2, 0) is 28.7 Å². The van der Waals surface area contributed by atoms with Crippen molar-refractivity contribution in [3.8, 4) is 0 Å². The average molecular weight is 809 g/mol. The highest BCUT2D eigenvalue weighted by molar-refractivity contribution is 5.93. The molecule has 8 rings (SSSR count). The lowest BCUT2D eigenvalue weighted by atomic mass is 9.43. The van der Waals surface area contributed by atoms with Crippen molar-refractivity contribution in [3.05, 3.63) is 23.3 Å². The Labute approximate surface area is 340 Å². The van der Waals surface area contributed by atoms with Crippen LogP contribution in [0.1, 0.15) is 124 Å². The predicted molar refractivity (Wildman–Crippen MR) is 208 cm³/mol. The molecular formula is C46H64O12. The zero-order valence-corrected chi connectivity index (χ0v) is 34.6. The third-order valence-corrected chi connectivity index (χ3v) is 18.9. The van der Waals surface area contributed by atoms with E-state index in [1.54, 1.807) is 12.2 Å². The second-order valence-electron chi connectivity index (χ2n) is 20.8. The number of fused-ring (bicyclic) bond motifs is 10. The zero-order valence-electron chi connectivity index (χ0n) is 34.6. The number of carbonyl (C=O) groups is 5. The number of aliphatic hydroxyl groups is 6. The lowest BCUT2D eigenvalue weighted by Crippen LogP contribution is -2.64. The van der Waals surface area contributed by atoms with E-state index in [0.717, 1.165) is 17.6 Å². The molecule has 0 saturated heterocycles. The Morgan fingerprint density at radius 1 is 0.707 bits per heavy atom. The number of hydrogen-bond acceptors (Lipinski definition) is 12. The van der Waals surface area contributed by atoms with Gasteiger partial charge in [-0.1, -0.05) is 38.8 Å². The molecule has 2 unspecified atom stereocenters. The minimum atomic E-state index is -1.74. The standard InChI is InChI=1S/C46H64O12/c1-41-20-33(51)39-29(31(41)12-14-45(41,56)35(53)22-47)10-8-25-17-27(49)16-24(43(25,39)3)6-5-7-38(55)58-37-19-28(50)18-26-9-11-30-32-13-15-46(57,36(54)23-48)42(32,2)21-34(52)40(30)44(26,37)4/h17-18,24,29-34,37,39-40,47-48,51-52,56-57H,5-16,19-23H2,1-4H3/t24?,29-,30-,31-,32-,33-,34-,37?,39+,40+,41-,42-,43-,44+,45-,46-/m0/s1. The second-order valence-corrected chi connectivity index (χ2v) is 20.8. The van der Waals surface area contributed by atoms with Gasteiger partial charge in [0.15, 0.2) is 23.1 Å². The molecule has 8 aliphatic rings. The van der Waals surface area contributed by atoms with Crippen LogP contribution in [0, 0.1) is 63.1 Å². The maximum Gasteiger partial charge on any atom is 0.306 e. The summed E-state index contributed by atoms with van der Waals surface area (Å²) in [7, 11) is 0. The number of Topliss-reactive ketones (excluding diaryl/α,β-unsaturated/α-hetero) is 2. The second kappa shape index (κ2) is 14.2. The van der Waals surface area contributed by atoms with E-state index in [1.165, 1.54) is 0 Å². The Balaban J connectivity index is 0.982. The van der Waals surface area contributed by atoms with Gasteiger partial charge in [-0.3, -0.25) is 24.0 Å². The Morgan fingerprint density at radius 2 is 1.17 bits per heavy atom. The molecule has 16 atom stereocenters. The quantitative estimate of drug-likeness (QED) is 0.185. The molecule has 8 aliphatic carbocycles. The van der Waals surface area contributed by atoms with E-state index in [1.807, 2.05) is 20.8 Å². The van der Waals surface area contributed by atoms with Crippen molar-refractivity contribution in [2.45, 2.75) is 154 Å². The molecule has 58 heavy (non-hydrogen) atoms. The Morgan fingerprint density at radius 3 is 1.67 bits per heavy atom. The molecule has 12 heteroatoms. The van der Waals surface area contributed by atoms with Crippen LogP contribution in [0.3, 0.4) is 0 Å². The van der Waals surface area contributed by atoms with Gasteiger partial charge in [0.05, 0.1) is 12.2 Å². The van der Waals surface area contributed by atoms with Crippen molar-refractivity contribution in [1.82, 2.24) is 0 Å². The fraction of sp³-hybridized carbons (Fsp3) is 0.804. The van der Waals surface area contributed by atoms with Gasteiger partial charge >= 0.3 is 5.97 Å². The van der Waals surface area contributed by atoms with Crippen LogP contribution >= 0.6 is 0 Å². The summed E-state index contributed by atoms with van der Waals surface area (Å²) in [6.45, 7) is 6.33. The number of esters is 1. The van der Waals surface area contributed by atoms with Crippen molar-refractivity contribution in [3.63, 3.8) is 0 Å². The van der Waals surface area contributed by atoms with E-state index < -0.39 is 81.9 Å². The number of hydrogen-bond donors (Lipinski definition) is 6. The van der Waals surface area contributed by atoms with Crippen LogP contribution in [-0.4, -0.2) is 102 Å². The number of ketones is 4. The Kier molecular flexibility index (Phi) is 10.3. The van der Waals surface area contributed by atoms with E-state index in [0.29, 0.717) is 44.9 Å². The summed E-state index contributed by atoms with van der Waals surface area (Å²) in [6.07, 6.45) is 6.70. The molecule has 6 saturated carbocycles. The van der Waals surface area contributed by atoms with Gasteiger partial charge in [-0.2, -0.15) is 0 Å². The van der Waals surface area contributed by atoms with Crippen LogP contribution in [0.4, 0.5) is 0 Å². The van der Waals surface area contributed by atoms with Crippen LogP contribution in [0.15, 0.2) is 23.3 Å². The van der Waals surface area contributed by atoms with E-state index >= 15 is 0 Å². The van der Waals surface area contributed by atoms with Gasteiger partial charge in [-0.05, 0) is 130 Å². The minimum absolute atomic E-state index is 0.00411. The van der Waals surface area contributed by atoms with Crippen molar-refractivity contribution >= 4 is 29.1 Å².